The third-order valence-corrected chi connectivity index (χ3v) is 8.22. The lowest BCUT2D eigenvalue weighted by atomic mass is 10.0. The van der Waals surface area contributed by atoms with Crippen molar-refractivity contribution in [3.8, 4) is 40.0 Å². The highest BCUT2D eigenvalue weighted by Crippen LogP contribution is 2.37. The Morgan fingerprint density at radius 3 is 2.36 bits per heavy atom. The number of hydrogen-bond donors (Lipinski definition) is 0. The van der Waals surface area contributed by atoms with Gasteiger partial charge in [-0.1, -0.05) is 12.1 Å². The van der Waals surface area contributed by atoms with E-state index in [0.29, 0.717) is 78.9 Å². The van der Waals surface area contributed by atoms with Crippen molar-refractivity contribution in [2.45, 2.75) is 45.3 Å². The van der Waals surface area contributed by atoms with Crippen LogP contribution in [0, 0.1) is 11.3 Å². The molecule has 2 aromatic carbocycles. The highest BCUT2D eigenvalue weighted by molar-refractivity contribution is 5.98. The first-order valence-corrected chi connectivity index (χ1v) is 15.8. The Labute approximate surface area is 273 Å². The summed E-state index contributed by atoms with van der Waals surface area (Å²) in [6.45, 7) is 8.34. The molecule has 4 aromatic rings. The van der Waals surface area contributed by atoms with Gasteiger partial charge in [0.05, 0.1) is 31.5 Å². The quantitative estimate of drug-likeness (QED) is 0.239. The molecule has 2 aliphatic heterocycles. The fourth-order valence-corrected chi connectivity index (χ4v) is 5.78. The van der Waals surface area contributed by atoms with Crippen molar-refractivity contribution in [1.82, 2.24) is 14.8 Å². The molecular formula is C36H38N4O7. The summed E-state index contributed by atoms with van der Waals surface area (Å²) in [5.41, 5.74) is 3.83. The molecule has 4 heterocycles. The third-order valence-electron chi connectivity index (χ3n) is 8.22. The third kappa shape index (κ3) is 7.03. The van der Waals surface area contributed by atoms with E-state index >= 15 is 0 Å². The molecule has 2 aromatic heterocycles. The van der Waals surface area contributed by atoms with Gasteiger partial charge in [-0.25, -0.2) is 4.79 Å². The second-order valence-corrected chi connectivity index (χ2v) is 12.6. The van der Waals surface area contributed by atoms with E-state index in [1.54, 1.807) is 28.1 Å². The molecule has 0 bridgehead atoms. The van der Waals surface area contributed by atoms with Gasteiger partial charge in [0, 0.05) is 62.4 Å². The highest BCUT2D eigenvalue weighted by atomic mass is 16.6. The van der Waals surface area contributed by atoms with Crippen LogP contribution in [0.5, 0.6) is 11.5 Å². The SMILES string of the molecule is COc1cc(-c2cc3nccc(-c4ccc(OC5CCOCC5)c(C#N)c4)c3o2)ccc1C(=O)N1CCN(C(=O)OC(C)(C)C)CC1. The van der Waals surface area contributed by atoms with E-state index in [-0.39, 0.29) is 18.1 Å². The first-order valence-electron chi connectivity index (χ1n) is 15.8. The number of pyridine rings is 1. The Morgan fingerprint density at radius 2 is 1.66 bits per heavy atom. The zero-order valence-corrected chi connectivity index (χ0v) is 27.1. The zero-order chi connectivity index (χ0) is 33.1. The van der Waals surface area contributed by atoms with Crippen molar-refractivity contribution < 1.29 is 33.0 Å². The summed E-state index contributed by atoms with van der Waals surface area (Å²) in [5, 5.41) is 9.90. The topological polar surface area (TPSA) is 127 Å². The summed E-state index contributed by atoms with van der Waals surface area (Å²) in [5.74, 6) is 1.35. The molecule has 0 saturated carbocycles. The smallest absolute Gasteiger partial charge is 0.410 e. The minimum Gasteiger partial charge on any atom is -0.496 e. The average molecular weight is 639 g/mol. The van der Waals surface area contributed by atoms with Gasteiger partial charge in [-0.2, -0.15) is 5.26 Å². The molecule has 2 fully saturated rings. The van der Waals surface area contributed by atoms with Gasteiger partial charge < -0.3 is 33.2 Å². The van der Waals surface area contributed by atoms with Crippen LogP contribution in [0.1, 0.15) is 49.5 Å². The molecule has 244 valence electrons. The summed E-state index contributed by atoms with van der Waals surface area (Å²) >= 11 is 0. The van der Waals surface area contributed by atoms with E-state index in [0.717, 1.165) is 29.5 Å². The van der Waals surface area contributed by atoms with Crippen LogP contribution in [-0.2, 0) is 9.47 Å². The number of hydrogen-bond acceptors (Lipinski definition) is 9. The minimum atomic E-state index is -0.580. The number of benzene rings is 2. The fraction of sp³-hybridized carbons (Fsp3) is 0.389. The van der Waals surface area contributed by atoms with Crippen molar-refractivity contribution in [3.05, 3.63) is 65.9 Å². The molecule has 2 amide bonds. The fourth-order valence-electron chi connectivity index (χ4n) is 5.78. The monoisotopic (exact) mass is 638 g/mol. The van der Waals surface area contributed by atoms with E-state index in [4.69, 9.17) is 23.4 Å². The maximum absolute atomic E-state index is 13.5. The molecule has 11 heteroatoms. The molecule has 0 radical (unpaired) electrons. The van der Waals surface area contributed by atoms with Gasteiger partial charge in [0.1, 0.15) is 40.6 Å². The number of amides is 2. The van der Waals surface area contributed by atoms with Crippen LogP contribution in [-0.4, -0.2) is 85.0 Å². The predicted molar refractivity (Wildman–Crippen MR) is 174 cm³/mol. The van der Waals surface area contributed by atoms with Crippen molar-refractivity contribution in [1.29, 1.82) is 5.26 Å². The van der Waals surface area contributed by atoms with Gasteiger partial charge in [-0.3, -0.25) is 9.78 Å². The minimum absolute atomic E-state index is 0.0232. The molecular weight excluding hydrogens is 600 g/mol. The summed E-state index contributed by atoms with van der Waals surface area (Å²) in [7, 11) is 1.52. The van der Waals surface area contributed by atoms with Crippen LogP contribution < -0.4 is 9.47 Å². The number of fused-ring (bicyclic) bond motifs is 1. The number of methoxy groups -OCH3 is 1. The van der Waals surface area contributed by atoms with Gasteiger partial charge in [-0.15, -0.1) is 0 Å². The molecule has 11 nitrogen and oxygen atoms in total. The summed E-state index contributed by atoms with van der Waals surface area (Å²) < 4.78 is 29.0. The van der Waals surface area contributed by atoms with E-state index in [2.05, 4.69) is 11.1 Å². The maximum atomic E-state index is 13.5. The van der Waals surface area contributed by atoms with Crippen molar-refractivity contribution in [2.24, 2.45) is 0 Å². The number of rotatable bonds is 6. The summed E-state index contributed by atoms with van der Waals surface area (Å²) in [6, 6.07) is 16.9. The number of nitriles is 1. The molecule has 47 heavy (non-hydrogen) atoms. The van der Waals surface area contributed by atoms with Crippen LogP contribution in [0.4, 0.5) is 4.79 Å². The zero-order valence-electron chi connectivity index (χ0n) is 27.1. The molecule has 0 unspecified atom stereocenters. The van der Waals surface area contributed by atoms with Crippen molar-refractivity contribution in [3.63, 3.8) is 0 Å². The van der Waals surface area contributed by atoms with Crippen molar-refractivity contribution in [2.75, 3.05) is 46.5 Å². The second kappa shape index (κ2) is 13.3. The number of carbonyl (C=O) groups excluding carboxylic acids is 2. The Morgan fingerprint density at radius 1 is 0.936 bits per heavy atom. The lowest BCUT2D eigenvalue weighted by molar-refractivity contribution is 0.0140. The predicted octanol–water partition coefficient (Wildman–Crippen LogP) is 6.29. The Hall–Kier alpha value is -5.08. The Balaban J connectivity index is 1.21. The van der Waals surface area contributed by atoms with Gasteiger partial charge in [0.15, 0.2) is 5.58 Å². The molecule has 0 spiro atoms. The summed E-state index contributed by atoms with van der Waals surface area (Å²) in [6.07, 6.45) is 2.94. The van der Waals surface area contributed by atoms with Crippen molar-refractivity contribution >= 4 is 23.1 Å². The van der Waals surface area contributed by atoms with Crippen LogP contribution >= 0.6 is 0 Å². The average Bonchev–Trinajstić information content (AvgIpc) is 3.52. The van der Waals surface area contributed by atoms with E-state index in [9.17, 15) is 14.9 Å². The van der Waals surface area contributed by atoms with E-state index in [1.165, 1.54) is 7.11 Å². The first kappa shape index (κ1) is 31.9. The lowest BCUT2D eigenvalue weighted by Crippen LogP contribution is -2.51. The summed E-state index contributed by atoms with van der Waals surface area (Å²) in [4.78, 5) is 33.8. The molecule has 0 N–H and O–H groups in total. The second-order valence-electron chi connectivity index (χ2n) is 12.6. The number of ether oxygens (including phenoxy) is 4. The van der Waals surface area contributed by atoms with Gasteiger partial charge in [0.2, 0.25) is 0 Å². The largest absolute Gasteiger partial charge is 0.496 e. The normalized spacial score (nSPS) is 15.7. The lowest BCUT2D eigenvalue weighted by Gasteiger charge is -2.35. The molecule has 0 atom stereocenters. The number of furan rings is 1. The Bertz CT molecular complexity index is 1820. The van der Waals surface area contributed by atoms with Crippen LogP contribution in [0.15, 0.2) is 59.1 Å². The van der Waals surface area contributed by atoms with E-state index < -0.39 is 5.60 Å². The molecule has 6 rings (SSSR count). The van der Waals surface area contributed by atoms with Gasteiger partial charge >= 0.3 is 6.09 Å². The Kier molecular flexibility index (Phi) is 9.05. The standard InChI is InChI=1S/C36H38N4O7/c1-36(2,3)47-35(42)40-15-13-39(14-16-40)34(41)28-7-5-24(20-32(28)43-4)31-21-29-33(46-31)27(9-12-38-29)23-6-8-30(25(19-23)22-37)45-26-10-17-44-18-11-26/h5-9,12,19-21,26H,10-11,13-18H2,1-4H3. The molecule has 2 aliphatic rings. The number of piperazine rings is 1. The number of aromatic nitrogens is 1. The first-order chi connectivity index (χ1) is 22.6. The molecule has 2 saturated heterocycles. The van der Waals surface area contributed by atoms with Crippen LogP contribution in [0.25, 0.3) is 33.6 Å². The van der Waals surface area contributed by atoms with Crippen LogP contribution in [0.3, 0.4) is 0 Å². The number of carbonyl (C=O) groups is 2. The molecule has 0 aliphatic carbocycles. The van der Waals surface area contributed by atoms with E-state index in [1.807, 2.05) is 57.2 Å². The highest BCUT2D eigenvalue weighted by Gasteiger charge is 2.29. The van der Waals surface area contributed by atoms with Crippen LogP contribution in [0.2, 0.25) is 0 Å². The van der Waals surface area contributed by atoms with Gasteiger partial charge in [0.25, 0.3) is 5.91 Å². The maximum Gasteiger partial charge on any atom is 0.410 e. The van der Waals surface area contributed by atoms with Gasteiger partial charge in [-0.05, 0) is 56.7 Å². The number of nitrogens with zero attached hydrogens (tertiary/aromatic N) is 4.